The molecule has 0 atom stereocenters. The summed E-state index contributed by atoms with van der Waals surface area (Å²) in [5, 5.41) is 0. The van der Waals surface area contributed by atoms with Crippen LogP contribution in [0.15, 0.2) is 18.2 Å². The molecule has 0 unspecified atom stereocenters. The second-order valence-corrected chi connectivity index (χ2v) is 4.12. The zero-order valence-corrected chi connectivity index (χ0v) is 9.83. The van der Waals surface area contributed by atoms with Gasteiger partial charge in [0.1, 0.15) is 17.1 Å². The minimum atomic E-state index is -0.208. The molecule has 15 heavy (non-hydrogen) atoms. The lowest BCUT2D eigenvalue weighted by Gasteiger charge is -2.25. The number of rotatable bonds is 4. The first-order chi connectivity index (χ1) is 6.98. The standard InChI is InChI=1S/C12H19NO2/c1-5-12(2,3)15-11-8-9(14-4)6-7-10(11)13/h6-8H,5,13H2,1-4H3. The summed E-state index contributed by atoms with van der Waals surface area (Å²) in [5.41, 5.74) is 6.25. The van der Waals surface area contributed by atoms with E-state index in [4.69, 9.17) is 15.2 Å². The molecule has 1 aromatic rings. The Morgan fingerprint density at radius 2 is 2.00 bits per heavy atom. The van der Waals surface area contributed by atoms with Gasteiger partial charge < -0.3 is 15.2 Å². The van der Waals surface area contributed by atoms with Crippen molar-refractivity contribution in [2.24, 2.45) is 0 Å². The fourth-order valence-electron chi connectivity index (χ4n) is 1.10. The Labute approximate surface area is 91.2 Å². The number of nitrogen functional groups attached to an aromatic ring is 1. The fraction of sp³-hybridized carbons (Fsp3) is 0.500. The minimum absolute atomic E-state index is 0.208. The first-order valence-corrected chi connectivity index (χ1v) is 5.11. The molecular formula is C12H19NO2. The van der Waals surface area contributed by atoms with Crippen molar-refractivity contribution in [3.05, 3.63) is 18.2 Å². The summed E-state index contributed by atoms with van der Waals surface area (Å²) in [6.45, 7) is 6.15. The van der Waals surface area contributed by atoms with E-state index >= 15 is 0 Å². The highest BCUT2D eigenvalue weighted by Crippen LogP contribution is 2.30. The van der Waals surface area contributed by atoms with E-state index in [2.05, 4.69) is 6.92 Å². The van der Waals surface area contributed by atoms with Crippen LogP contribution in [0.2, 0.25) is 0 Å². The second kappa shape index (κ2) is 4.43. The van der Waals surface area contributed by atoms with Gasteiger partial charge in [-0.15, -0.1) is 0 Å². The molecule has 3 nitrogen and oxygen atoms in total. The molecule has 0 spiro atoms. The number of anilines is 1. The first-order valence-electron chi connectivity index (χ1n) is 5.11. The molecule has 0 amide bonds. The van der Waals surface area contributed by atoms with Crippen LogP contribution in [0.4, 0.5) is 5.69 Å². The summed E-state index contributed by atoms with van der Waals surface area (Å²) in [6, 6.07) is 5.42. The average Bonchev–Trinajstić information content (AvgIpc) is 2.21. The molecule has 0 fully saturated rings. The smallest absolute Gasteiger partial charge is 0.146 e. The zero-order chi connectivity index (χ0) is 11.5. The van der Waals surface area contributed by atoms with Gasteiger partial charge in [0, 0.05) is 6.07 Å². The summed E-state index contributed by atoms with van der Waals surface area (Å²) in [7, 11) is 1.63. The maximum absolute atomic E-state index is 5.83. The van der Waals surface area contributed by atoms with E-state index in [1.807, 2.05) is 26.0 Å². The van der Waals surface area contributed by atoms with Gasteiger partial charge in [-0.3, -0.25) is 0 Å². The van der Waals surface area contributed by atoms with Crippen molar-refractivity contribution < 1.29 is 9.47 Å². The van der Waals surface area contributed by atoms with Crippen LogP contribution in [0.5, 0.6) is 11.5 Å². The van der Waals surface area contributed by atoms with E-state index in [1.165, 1.54) is 0 Å². The van der Waals surface area contributed by atoms with Gasteiger partial charge in [0.05, 0.1) is 12.8 Å². The molecule has 0 aliphatic rings. The van der Waals surface area contributed by atoms with Gasteiger partial charge in [-0.25, -0.2) is 0 Å². The lowest BCUT2D eigenvalue weighted by molar-refractivity contribution is 0.106. The van der Waals surface area contributed by atoms with Gasteiger partial charge in [-0.1, -0.05) is 6.92 Å². The minimum Gasteiger partial charge on any atom is -0.497 e. The Morgan fingerprint density at radius 1 is 1.33 bits per heavy atom. The molecule has 0 aromatic heterocycles. The van der Waals surface area contributed by atoms with Crippen LogP contribution in [0.1, 0.15) is 27.2 Å². The van der Waals surface area contributed by atoms with Gasteiger partial charge in [-0.2, -0.15) is 0 Å². The van der Waals surface area contributed by atoms with E-state index in [-0.39, 0.29) is 5.60 Å². The van der Waals surface area contributed by atoms with Crippen molar-refractivity contribution >= 4 is 5.69 Å². The second-order valence-electron chi connectivity index (χ2n) is 4.12. The summed E-state index contributed by atoms with van der Waals surface area (Å²) >= 11 is 0. The monoisotopic (exact) mass is 209 g/mol. The Hall–Kier alpha value is -1.38. The molecule has 0 saturated carbocycles. The number of hydrogen-bond acceptors (Lipinski definition) is 3. The van der Waals surface area contributed by atoms with Crippen molar-refractivity contribution in [2.45, 2.75) is 32.8 Å². The van der Waals surface area contributed by atoms with Gasteiger partial charge in [0.15, 0.2) is 0 Å². The van der Waals surface area contributed by atoms with E-state index in [0.29, 0.717) is 11.4 Å². The summed E-state index contributed by atoms with van der Waals surface area (Å²) < 4.78 is 10.9. The molecule has 1 aromatic carbocycles. The normalized spacial score (nSPS) is 11.2. The Balaban J connectivity index is 2.93. The Morgan fingerprint density at radius 3 is 2.53 bits per heavy atom. The van der Waals surface area contributed by atoms with Gasteiger partial charge in [-0.05, 0) is 32.4 Å². The van der Waals surface area contributed by atoms with Gasteiger partial charge >= 0.3 is 0 Å². The Kier molecular flexibility index (Phi) is 3.45. The SMILES string of the molecule is CCC(C)(C)Oc1cc(OC)ccc1N. The van der Waals surface area contributed by atoms with E-state index in [1.54, 1.807) is 13.2 Å². The third kappa shape index (κ3) is 3.05. The highest BCUT2D eigenvalue weighted by molar-refractivity contribution is 5.55. The highest BCUT2D eigenvalue weighted by Gasteiger charge is 2.18. The molecule has 0 aliphatic heterocycles. The first kappa shape index (κ1) is 11.7. The van der Waals surface area contributed by atoms with Crippen LogP contribution >= 0.6 is 0 Å². The van der Waals surface area contributed by atoms with Gasteiger partial charge in [0.2, 0.25) is 0 Å². The molecule has 0 saturated heterocycles. The fourth-order valence-corrected chi connectivity index (χ4v) is 1.10. The van der Waals surface area contributed by atoms with Crippen LogP contribution in [-0.2, 0) is 0 Å². The van der Waals surface area contributed by atoms with E-state index in [9.17, 15) is 0 Å². The maximum atomic E-state index is 5.83. The van der Waals surface area contributed by atoms with Crippen molar-refractivity contribution in [1.29, 1.82) is 0 Å². The summed E-state index contributed by atoms with van der Waals surface area (Å²) in [4.78, 5) is 0. The third-order valence-corrected chi connectivity index (χ3v) is 2.46. The van der Waals surface area contributed by atoms with Crippen molar-refractivity contribution in [3.8, 4) is 11.5 Å². The largest absolute Gasteiger partial charge is 0.497 e. The molecule has 0 heterocycles. The quantitative estimate of drug-likeness (QED) is 0.775. The van der Waals surface area contributed by atoms with Crippen LogP contribution in [-0.4, -0.2) is 12.7 Å². The van der Waals surface area contributed by atoms with E-state index in [0.717, 1.165) is 12.2 Å². The van der Waals surface area contributed by atoms with Crippen LogP contribution < -0.4 is 15.2 Å². The molecule has 0 aliphatic carbocycles. The zero-order valence-electron chi connectivity index (χ0n) is 9.83. The number of nitrogens with two attached hydrogens (primary N) is 1. The van der Waals surface area contributed by atoms with Crippen LogP contribution in [0, 0.1) is 0 Å². The molecule has 1 rings (SSSR count). The van der Waals surface area contributed by atoms with Crippen LogP contribution in [0.25, 0.3) is 0 Å². The molecule has 84 valence electrons. The van der Waals surface area contributed by atoms with E-state index < -0.39 is 0 Å². The van der Waals surface area contributed by atoms with Crippen LogP contribution in [0.3, 0.4) is 0 Å². The lowest BCUT2D eigenvalue weighted by atomic mass is 10.1. The molecule has 0 radical (unpaired) electrons. The average molecular weight is 209 g/mol. The van der Waals surface area contributed by atoms with Crippen molar-refractivity contribution in [3.63, 3.8) is 0 Å². The number of hydrogen-bond donors (Lipinski definition) is 1. The predicted octanol–water partition coefficient (Wildman–Crippen LogP) is 2.84. The highest BCUT2D eigenvalue weighted by atomic mass is 16.5. The molecule has 2 N–H and O–H groups in total. The number of ether oxygens (including phenoxy) is 2. The number of methoxy groups -OCH3 is 1. The summed E-state index contributed by atoms with van der Waals surface area (Å²) in [6.07, 6.45) is 0.920. The van der Waals surface area contributed by atoms with Crippen molar-refractivity contribution in [1.82, 2.24) is 0 Å². The third-order valence-electron chi connectivity index (χ3n) is 2.46. The molecule has 0 bridgehead atoms. The topological polar surface area (TPSA) is 44.5 Å². The molecular weight excluding hydrogens is 190 g/mol. The molecule has 3 heteroatoms. The lowest BCUT2D eigenvalue weighted by Crippen LogP contribution is -2.27. The number of benzene rings is 1. The van der Waals surface area contributed by atoms with Crippen molar-refractivity contribution in [2.75, 3.05) is 12.8 Å². The van der Waals surface area contributed by atoms with Gasteiger partial charge in [0.25, 0.3) is 0 Å². The maximum Gasteiger partial charge on any atom is 0.146 e. The predicted molar refractivity (Wildman–Crippen MR) is 62.4 cm³/mol. The summed E-state index contributed by atoms with van der Waals surface area (Å²) in [5.74, 6) is 1.44. The Bertz CT molecular complexity index is 334.